The molecule has 168 valence electrons. The van der Waals surface area contributed by atoms with E-state index in [-0.39, 0.29) is 5.91 Å². The van der Waals surface area contributed by atoms with Gasteiger partial charge in [-0.05, 0) is 68.4 Å². The third-order valence-electron chi connectivity index (χ3n) is 5.09. The zero-order valence-electron chi connectivity index (χ0n) is 18.5. The summed E-state index contributed by atoms with van der Waals surface area (Å²) < 4.78 is 8.34. The van der Waals surface area contributed by atoms with Gasteiger partial charge in [0.2, 0.25) is 5.95 Å². The van der Waals surface area contributed by atoms with E-state index in [1.165, 1.54) is 5.56 Å². The number of aryl methyl sites for hydroxylation is 2. The van der Waals surface area contributed by atoms with Crippen LogP contribution in [0, 0.1) is 13.8 Å². The molecule has 5 rings (SSSR count). The smallest absolute Gasteiger partial charge is 0.255 e. The monoisotopic (exact) mass is 467 g/mol. The number of fused-ring (bicyclic) bond motifs is 1. The third-order valence-corrected chi connectivity index (χ3v) is 5.65. The summed E-state index contributed by atoms with van der Waals surface area (Å²) in [6.07, 6.45) is 0. The number of hydrogen-bond donors (Lipinski definition) is 3. The number of nitrogens with zero attached hydrogens (tertiary/aromatic N) is 4. The number of amides is 1. The fourth-order valence-corrected chi connectivity index (χ4v) is 3.88. The minimum absolute atomic E-state index is 0.204. The van der Waals surface area contributed by atoms with Crippen LogP contribution in [0.25, 0.3) is 11.0 Å². The van der Waals surface area contributed by atoms with Crippen molar-refractivity contribution in [3.63, 3.8) is 0 Å². The summed E-state index contributed by atoms with van der Waals surface area (Å²) in [4.78, 5) is 21.6. The highest BCUT2D eigenvalue weighted by atomic mass is 32.1. The molecule has 5 aromatic rings. The second-order valence-corrected chi connectivity index (χ2v) is 8.36. The van der Waals surface area contributed by atoms with Crippen molar-refractivity contribution in [1.82, 2.24) is 18.7 Å². The van der Waals surface area contributed by atoms with Crippen LogP contribution in [0.1, 0.15) is 21.6 Å². The maximum atomic E-state index is 12.6. The molecule has 9 heteroatoms. The first-order valence-corrected chi connectivity index (χ1v) is 11.3. The molecular weight excluding hydrogens is 446 g/mol. The van der Waals surface area contributed by atoms with Crippen molar-refractivity contribution in [2.45, 2.75) is 13.8 Å². The van der Waals surface area contributed by atoms with Crippen molar-refractivity contribution in [3.05, 3.63) is 89.6 Å². The first-order valence-electron chi connectivity index (χ1n) is 10.6. The fraction of sp³-hybridized carbons (Fsp3) is 0.0800. The second-order valence-electron chi connectivity index (χ2n) is 7.83. The summed E-state index contributed by atoms with van der Waals surface area (Å²) in [7, 11) is 0. The molecule has 8 nitrogen and oxygen atoms in total. The average Bonchev–Trinajstić information content (AvgIpc) is 3.29. The molecule has 0 spiro atoms. The van der Waals surface area contributed by atoms with Crippen LogP contribution in [-0.2, 0) is 0 Å². The zero-order valence-corrected chi connectivity index (χ0v) is 19.4. The maximum Gasteiger partial charge on any atom is 0.255 e. The van der Waals surface area contributed by atoms with Crippen LogP contribution in [0.5, 0.6) is 0 Å². The Hall–Kier alpha value is -4.37. The van der Waals surface area contributed by atoms with E-state index in [4.69, 9.17) is 0 Å². The highest BCUT2D eigenvalue weighted by Crippen LogP contribution is 2.21. The van der Waals surface area contributed by atoms with Gasteiger partial charge < -0.3 is 16.0 Å². The summed E-state index contributed by atoms with van der Waals surface area (Å²) in [5, 5.41) is 9.43. The Morgan fingerprint density at radius 2 is 1.41 bits per heavy atom. The first kappa shape index (κ1) is 21.5. The number of anilines is 5. The predicted octanol–water partition coefficient (Wildman–Crippen LogP) is 5.84. The molecule has 3 N–H and O–H groups in total. The Morgan fingerprint density at radius 1 is 0.735 bits per heavy atom. The van der Waals surface area contributed by atoms with Gasteiger partial charge in [0.25, 0.3) is 5.91 Å². The molecular formula is C25H21N7OS. The molecule has 2 aromatic heterocycles. The summed E-state index contributed by atoms with van der Waals surface area (Å²) in [6.45, 7) is 3.97. The second kappa shape index (κ2) is 9.24. The minimum Gasteiger partial charge on any atom is -0.340 e. The Balaban J connectivity index is 1.26. The Kier molecular flexibility index (Phi) is 5.84. The summed E-state index contributed by atoms with van der Waals surface area (Å²) in [5.41, 5.74) is 6.51. The predicted molar refractivity (Wildman–Crippen MR) is 136 cm³/mol. The molecule has 0 aliphatic carbocycles. The van der Waals surface area contributed by atoms with Gasteiger partial charge >= 0.3 is 0 Å². The van der Waals surface area contributed by atoms with E-state index >= 15 is 0 Å². The standard InChI is InChI=1S/C25H21N7OS/c1-15-3-6-18(7-4-15)27-23-13-16(2)26-25(30-23)29-20-10-8-19(9-11-20)28-24(33)17-5-12-21-22(14-17)32-34-31-21/h3-14H,1-2H3,(H,28,33)(H2,26,27,29,30). The molecule has 0 radical (unpaired) electrons. The van der Waals surface area contributed by atoms with Crippen molar-refractivity contribution in [2.75, 3.05) is 16.0 Å². The zero-order chi connectivity index (χ0) is 23.5. The van der Waals surface area contributed by atoms with Gasteiger partial charge in [0.05, 0.1) is 11.7 Å². The molecule has 0 atom stereocenters. The SMILES string of the molecule is Cc1ccc(Nc2cc(C)nc(Nc3ccc(NC(=O)c4ccc5nsnc5c4)cc3)n2)cc1. The largest absolute Gasteiger partial charge is 0.340 e. The number of carbonyl (C=O) groups is 1. The number of hydrogen-bond acceptors (Lipinski definition) is 8. The van der Waals surface area contributed by atoms with E-state index < -0.39 is 0 Å². The van der Waals surface area contributed by atoms with Gasteiger partial charge in [-0.15, -0.1) is 0 Å². The van der Waals surface area contributed by atoms with Gasteiger partial charge in [0.1, 0.15) is 16.9 Å². The lowest BCUT2D eigenvalue weighted by Gasteiger charge is -2.11. The van der Waals surface area contributed by atoms with Crippen LogP contribution in [0.15, 0.2) is 72.8 Å². The van der Waals surface area contributed by atoms with Gasteiger partial charge in [-0.2, -0.15) is 13.7 Å². The van der Waals surface area contributed by atoms with Crippen LogP contribution in [0.2, 0.25) is 0 Å². The lowest BCUT2D eigenvalue weighted by molar-refractivity contribution is 0.102. The number of rotatable bonds is 6. The Labute approximate surface area is 200 Å². The van der Waals surface area contributed by atoms with Gasteiger partial charge in [-0.25, -0.2) is 4.98 Å². The lowest BCUT2D eigenvalue weighted by atomic mass is 10.2. The van der Waals surface area contributed by atoms with Crippen LogP contribution >= 0.6 is 11.7 Å². The van der Waals surface area contributed by atoms with Crippen molar-refractivity contribution in [1.29, 1.82) is 0 Å². The molecule has 3 aromatic carbocycles. The molecule has 0 fully saturated rings. The van der Waals surface area contributed by atoms with Crippen molar-refractivity contribution in [3.8, 4) is 0 Å². The number of nitrogens with one attached hydrogen (secondary N) is 3. The Bertz CT molecular complexity index is 1460. The van der Waals surface area contributed by atoms with Gasteiger partial charge in [0, 0.05) is 34.4 Å². The van der Waals surface area contributed by atoms with Crippen molar-refractivity contribution < 1.29 is 4.79 Å². The number of benzene rings is 3. The van der Waals surface area contributed by atoms with E-state index in [1.807, 2.05) is 61.5 Å². The van der Waals surface area contributed by atoms with Crippen molar-refractivity contribution >= 4 is 57.5 Å². The summed E-state index contributed by atoms with van der Waals surface area (Å²) >= 11 is 1.13. The first-order chi connectivity index (χ1) is 16.5. The maximum absolute atomic E-state index is 12.6. The molecule has 0 aliphatic heterocycles. The van der Waals surface area contributed by atoms with E-state index in [0.29, 0.717) is 28.5 Å². The highest BCUT2D eigenvalue weighted by Gasteiger charge is 2.09. The molecule has 0 aliphatic rings. The van der Waals surface area contributed by atoms with Gasteiger partial charge in [-0.1, -0.05) is 17.7 Å². The third kappa shape index (κ3) is 5.00. The van der Waals surface area contributed by atoms with Gasteiger partial charge in [0.15, 0.2) is 0 Å². The molecule has 2 heterocycles. The van der Waals surface area contributed by atoms with Crippen LogP contribution in [-0.4, -0.2) is 24.6 Å². The fourth-order valence-electron chi connectivity index (χ4n) is 3.37. The van der Waals surface area contributed by atoms with E-state index in [0.717, 1.165) is 34.3 Å². The molecule has 0 saturated heterocycles. The normalized spacial score (nSPS) is 10.8. The quantitative estimate of drug-likeness (QED) is 0.288. The molecule has 0 saturated carbocycles. The van der Waals surface area contributed by atoms with E-state index in [2.05, 4.69) is 41.6 Å². The molecule has 34 heavy (non-hydrogen) atoms. The Morgan fingerprint density at radius 3 is 2.21 bits per heavy atom. The average molecular weight is 468 g/mol. The lowest BCUT2D eigenvalue weighted by Crippen LogP contribution is -2.11. The molecule has 0 bridgehead atoms. The van der Waals surface area contributed by atoms with Crippen LogP contribution in [0.3, 0.4) is 0 Å². The summed E-state index contributed by atoms with van der Waals surface area (Å²) in [5.74, 6) is 0.982. The molecule has 0 unspecified atom stereocenters. The van der Waals surface area contributed by atoms with Crippen molar-refractivity contribution in [2.24, 2.45) is 0 Å². The topological polar surface area (TPSA) is 105 Å². The van der Waals surface area contributed by atoms with E-state index in [1.54, 1.807) is 18.2 Å². The van der Waals surface area contributed by atoms with E-state index in [9.17, 15) is 4.79 Å². The highest BCUT2D eigenvalue weighted by molar-refractivity contribution is 7.00. The summed E-state index contributed by atoms with van der Waals surface area (Å²) in [6, 6.07) is 22.7. The molecule has 1 amide bonds. The van der Waals surface area contributed by atoms with Crippen LogP contribution < -0.4 is 16.0 Å². The van der Waals surface area contributed by atoms with Crippen LogP contribution in [0.4, 0.5) is 28.8 Å². The minimum atomic E-state index is -0.204. The number of carbonyl (C=O) groups excluding carboxylic acids is 1. The van der Waals surface area contributed by atoms with Gasteiger partial charge in [-0.3, -0.25) is 4.79 Å². The number of aromatic nitrogens is 4.